The van der Waals surface area contributed by atoms with Crippen molar-refractivity contribution in [3.8, 4) is 11.1 Å². The molecule has 3 aromatic rings. The Hall–Kier alpha value is -3.56. The molecule has 1 amide bonds. The second-order valence-corrected chi connectivity index (χ2v) is 7.12. The van der Waals surface area contributed by atoms with E-state index >= 15 is 0 Å². The zero-order valence-electron chi connectivity index (χ0n) is 16.6. The Balaban J connectivity index is 0.000000339. The number of anilines is 1. The highest BCUT2D eigenvalue weighted by Crippen LogP contribution is 2.38. The van der Waals surface area contributed by atoms with Gasteiger partial charge in [-0.3, -0.25) is 4.79 Å². The number of aliphatic carboxylic acids is 1. The normalized spacial score (nSPS) is 12.7. The fourth-order valence-electron chi connectivity index (χ4n) is 3.55. The smallest absolute Gasteiger partial charge is 0.475 e. The van der Waals surface area contributed by atoms with E-state index in [1.54, 1.807) is 0 Å². The van der Waals surface area contributed by atoms with Crippen molar-refractivity contribution in [2.45, 2.75) is 26.4 Å². The molecule has 5 N–H and O–H groups in total. The van der Waals surface area contributed by atoms with Crippen LogP contribution >= 0.6 is 0 Å². The summed E-state index contributed by atoms with van der Waals surface area (Å²) in [4.78, 5) is 23.8. The number of benzene rings is 2. The molecule has 4 rings (SSSR count). The Morgan fingerprint density at radius 2 is 1.81 bits per heavy atom. The molecule has 0 saturated carbocycles. The molecule has 0 saturated heterocycles. The summed E-state index contributed by atoms with van der Waals surface area (Å²) in [5.74, 6) is -3.83. The number of H-pyrrole nitrogens is 1. The number of nitrogens with two attached hydrogens (primary N) is 1. The van der Waals surface area contributed by atoms with Crippen LogP contribution in [0.25, 0.3) is 22.0 Å². The van der Waals surface area contributed by atoms with Crippen LogP contribution in [0.2, 0.25) is 0 Å². The molecule has 0 aliphatic carbocycles. The fraction of sp³-hybridized carbons (Fsp3) is 0.238. The Bertz CT molecular complexity index is 1200. The van der Waals surface area contributed by atoms with Crippen LogP contribution in [0.1, 0.15) is 27.2 Å². The van der Waals surface area contributed by atoms with Crippen LogP contribution in [-0.2, 0) is 11.2 Å². The van der Waals surface area contributed by atoms with Gasteiger partial charge in [0, 0.05) is 28.9 Å². The van der Waals surface area contributed by atoms with Gasteiger partial charge in [0.25, 0.3) is 5.91 Å². The summed E-state index contributed by atoms with van der Waals surface area (Å²) in [6, 6.07) is 7.18. The summed E-state index contributed by atoms with van der Waals surface area (Å²) < 4.78 is 46.7. The minimum atomic E-state index is -5.08. The van der Waals surface area contributed by atoms with Crippen LogP contribution in [0.15, 0.2) is 24.3 Å². The van der Waals surface area contributed by atoms with Gasteiger partial charge in [-0.15, -0.1) is 0 Å². The van der Waals surface area contributed by atoms with E-state index in [0.717, 1.165) is 40.9 Å². The van der Waals surface area contributed by atoms with E-state index in [-0.39, 0.29) is 5.56 Å². The summed E-state index contributed by atoms with van der Waals surface area (Å²) in [5, 5.41) is 11.2. The molecule has 1 aromatic heterocycles. The lowest BCUT2D eigenvalue weighted by molar-refractivity contribution is -0.192. The topological polar surface area (TPSA) is 108 Å². The van der Waals surface area contributed by atoms with Crippen LogP contribution in [0.5, 0.6) is 0 Å². The number of carboxylic acids is 1. The lowest BCUT2D eigenvalue weighted by Crippen LogP contribution is -2.21. The molecule has 31 heavy (non-hydrogen) atoms. The summed E-state index contributed by atoms with van der Waals surface area (Å²) in [6.45, 7) is 4.74. The van der Waals surface area contributed by atoms with E-state index in [4.69, 9.17) is 15.6 Å². The number of hydrogen-bond donors (Lipinski definition) is 4. The lowest BCUT2D eigenvalue weighted by atomic mass is 9.94. The molecule has 1 aliphatic rings. The number of aryl methyl sites for hydroxylation is 2. The first-order chi connectivity index (χ1) is 14.4. The Morgan fingerprint density at radius 3 is 2.39 bits per heavy atom. The van der Waals surface area contributed by atoms with E-state index < -0.39 is 23.9 Å². The number of carbonyl (C=O) groups is 2. The Labute approximate surface area is 174 Å². The first-order valence-corrected chi connectivity index (χ1v) is 9.20. The SMILES string of the molecule is Cc1[nH]c2c(C(N)=O)cc(F)c(-c3ccc4c(c3)NCC4)c2c1C.O=C(O)C(F)(F)F. The van der Waals surface area contributed by atoms with Crippen LogP contribution in [-0.4, -0.2) is 34.7 Å². The van der Waals surface area contributed by atoms with Crippen LogP contribution in [0, 0.1) is 19.7 Å². The van der Waals surface area contributed by atoms with E-state index in [0.29, 0.717) is 11.1 Å². The van der Waals surface area contributed by atoms with Crippen molar-refractivity contribution in [1.29, 1.82) is 0 Å². The highest BCUT2D eigenvalue weighted by molar-refractivity contribution is 6.11. The summed E-state index contributed by atoms with van der Waals surface area (Å²) in [6.07, 6.45) is -4.10. The number of hydrogen-bond acceptors (Lipinski definition) is 3. The molecule has 0 unspecified atom stereocenters. The number of primary amides is 1. The minimum Gasteiger partial charge on any atom is -0.475 e. The van der Waals surface area contributed by atoms with Crippen molar-refractivity contribution in [3.05, 3.63) is 52.5 Å². The highest BCUT2D eigenvalue weighted by atomic mass is 19.4. The molecule has 2 aromatic carbocycles. The van der Waals surface area contributed by atoms with E-state index in [9.17, 15) is 22.4 Å². The average molecular weight is 437 g/mol. The molecule has 6 nitrogen and oxygen atoms in total. The van der Waals surface area contributed by atoms with Gasteiger partial charge in [-0.25, -0.2) is 9.18 Å². The van der Waals surface area contributed by atoms with Gasteiger partial charge in [0.2, 0.25) is 0 Å². The van der Waals surface area contributed by atoms with Gasteiger partial charge in [-0.1, -0.05) is 12.1 Å². The zero-order valence-corrected chi connectivity index (χ0v) is 16.6. The van der Waals surface area contributed by atoms with E-state index in [1.807, 2.05) is 32.0 Å². The predicted octanol–water partition coefficient (Wildman–Crippen LogP) is 4.29. The number of aromatic amines is 1. The number of aromatic nitrogens is 1. The highest BCUT2D eigenvalue weighted by Gasteiger charge is 2.38. The largest absolute Gasteiger partial charge is 0.490 e. The van der Waals surface area contributed by atoms with Gasteiger partial charge in [-0.2, -0.15) is 13.2 Å². The zero-order chi connectivity index (χ0) is 23.1. The Morgan fingerprint density at radius 1 is 1.16 bits per heavy atom. The number of rotatable bonds is 2. The summed E-state index contributed by atoms with van der Waals surface area (Å²) in [7, 11) is 0. The summed E-state index contributed by atoms with van der Waals surface area (Å²) in [5.41, 5.74) is 11.6. The second kappa shape index (κ2) is 7.93. The first-order valence-electron chi connectivity index (χ1n) is 9.20. The molecule has 0 fully saturated rings. The summed E-state index contributed by atoms with van der Waals surface area (Å²) >= 11 is 0. The molecule has 0 spiro atoms. The quantitative estimate of drug-likeness (QED) is 0.449. The van der Waals surface area contributed by atoms with Crippen molar-refractivity contribution < 1.29 is 32.3 Å². The van der Waals surface area contributed by atoms with Crippen LogP contribution in [0.3, 0.4) is 0 Å². The van der Waals surface area contributed by atoms with E-state index in [2.05, 4.69) is 10.3 Å². The van der Waals surface area contributed by atoms with Gasteiger partial charge in [0.15, 0.2) is 0 Å². The van der Waals surface area contributed by atoms with Crippen molar-refractivity contribution in [1.82, 2.24) is 4.98 Å². The number of carbonyl (C=O) groups excluding carboxylic acids is 1. The molecular formula is C21H19F4N3O3. The maximum atomic E-state index is 14.9. The van der Waals surface area contributed by atoms with Crippen molar-refractivity contribution in [2.24, 2.45) is 5.73 Å². The van der Waals surface area contributed by atoms with Gasteiger partial charge in [0.05, 0.1) is 11.1 Å². The van der Waals surface area contributed by atoms with Crippen LogP contribution < -0.4 is 11.1 Å². The fourth-order valence-corrected chi connectivity index (χ4v) is 3.55. The number of fused-ring (bicyclic) bond motifs is 2. The molecule has 1 aliphatic heterocycles. The molecule has 0 bridgehead atoms. The monoisotopic (exact) mass is 437 g/mol. The van der Waals surface area contributed by atoms with Crippen molar-refractivity contribution in [2.75, 3.05) is 11.9 Å². The number of amides is 1. The molecular weight excluding hydrogens is 418 g/mol. The van der Waals surface area contributed by atoms with Gasteiger partial charge < -0.3 is 21.1 Å². The average Bonchev–Trinajstić information content (AvgIpc) is 3.25. The number of halogens is 4. The predicted molar refractivity (Wildman–Crippen MR) is 108 cm³/mol. The third-order valence-corrected chi connectivity index (χ3v) is 5.15. The maximum Gasteiger partial charge on any atom is 0.490 e. The standard InChI is InChI=1S/C19H18FN3O.C2HF3O2/c1-9-10(2)23-18-13(19(21)24)8-14(20)17(16(9)18)12-4-3-11-5-6-22-15(11)7-12;3-2(4,5)1(6)7/h3-4,7-8,22-23H,5-6H2,1-2H3,(H2,21,24);(H,6,7). The Kier molecular flexibility index (Phi) is 5.66. The number of carboxylic acid groups (broad SMARTS) is 1. The molecule has 164 valence electrons. The second-order valence-electron chi connectivity index (χ2n) is 7.12. The third kappa shape index (κ3) is 4.18. The van der Waals surface area contributed by atoms with Crippen molar-refractivity contribution in [3.63, 3.8) is 0 Å². The number of alkyl halides is 3. The van der Waals surface area contributed by atoms with Crippen LogP contribution in [0.4, 0.5) is 23.2 Å². The lowest BCUT2D eigenvalue weighted by Gasteiger charge is -2.11. The molecule has 10 heteroatoms. The molecule has 2 heterocycles. The first kappa shape index (κ1) is 22.1. The molecule has 0 radical (unpaired) electrons. The van der Waals surface area contributed by atoms with E-state index in [1.165, 1.54) is 11.6 Å². The third-order valence-electron chi connectivity index (χ3n) is 5.15. The maximum absolute atomic E-state index is 14.9. The number of nitrogens with one attached hydrogen (secondary N) is 2. The van der Waals surface area contributed by atoms with Gasteiger partial charge in [-0.05, 0) is 49.1 Å². The molecule has 0 atom stereocenters. The van der Waals surface area contributed by atoms with Gasteiger partial charge >= 0.3 is 12.1 Å². The minimum absolute atomic E-state index is 0.182. The van der Waals surface area contributed by atoms with Gasteiger partial charge in [0.1, 0.15) is 5.82 Å². The van der Waals surface area contributed by atoms with Crippen molar-refractivity contribution >= 4 is 28.5 Å².